The van der Waals surface area contributed by atoms with Crippen molar-refractivity contribution < 1.29 is 0 Å². The van der Waals surface area contributed by atoms with Crippen molar-refractivity contribution in [3.8, 4) is 0 Å². The largest absolute Gasteiger partial charge is 0.326 e. The summed E-state index contributed by atoms with van der Waals surface area (Å²) < 4.78 is 0. The molecule has 1 fully saturated rings. The fourth-order valence-corrected chi connectivity index (χ4v) is 3.76. The Morgan fingerprint density at radius 1 is 1.17 bits per heavy atom. The predicted molar refractivity (Wildman–Crippen MR) is 81.8 cm³/mol. The highest BCUT2D eigenvalue weighted by atomic mass is 28.3. The predicted octanol–water partition coefficient (Wildman–Crippen LogP) is 2.01. The van der Waals surface area contributed by atoms with Crippen LogP contribution in [0.1, 0.15) is 12.5 Å². The topological polar surface area (TPSA) is 29.3 Å². The summed E-state index contributed by atoms with van der Waals surface area (Å²) in [7, 11) is -1.16. The first-order valence-corrected chi connectivity index (χ1v) is 10.4. The zero-order valence-electron chi connectivity index (χ0n) is 12.1. The van der Waals surface area contributed by atoms with E-state index in [0.29, 0.717) is 12.0 Å². The van der Waals surface area contributed by atoms with Gasteiger partial charge in [-0.2, -0.15) is 0 Å². The molecule has 3 heteroatoms. The summed E-state index contributed by atoms with van der Waals surface area (Å²) in [4.78, 5) is 2.47. The maximum atomic E-state index is 6.07. The van der Waals surface area contributed by atoms with Crippen molar-refractivity contribution in [2.24, 2.45) is 11.7 Å². The summed E-state index contributed by atoms with van der Waals surface area (Å²) in [6.07, 6.45) is 0. The van der Waals surface area contributed by atoms with Crippen molar-refractivity contribution in [3.05, 3.63) is 29.8 Å². The van der Waals surface area contributed by atoms with Gasteiger partial charge in [0.2, 0.25) is 0 Å². The minimum atomic E-state index is -1.16. The van der Waals surface area contributed by atoms with Crippen molar-refractivity contribution in [2.45, 2.75) is 39.2 Å². The van der Waals surface area contributed by atoms with Crippen LogP contribution in [-0.2, 0) is 6.54 Å². The summed E-state index contributed by atoms with van der Waals surface area (Å²) in [5.74, 6) is 0.631. The van der Waals surface area contributed by atoms with Gasteiger partial charge in [0.15, 0.2) is 0 Å². The quantitative estimate of drug-likeness (QED) is 0.844. The lowest BCUT2D eigenvalue weighted by molar-refractivity contribution is 0.319. The van der Waals surface area contributed by atoms with Gasteiger partial charge in [-0.05, 0) is 11.5 Å². The first-order chi connectivity index (χ1) is 8.36. The maximum absolute atomic E-state index is 6.07. The highest BCUT2D eigenvalue weighted by Gasteiger charge is 2.26. The van der Waals surface area contributed by atoms with Crippen LogP contribution >= 0.6 is 0 Å². The molecule has 1 aliphatic rings. The lowest BCUT2D eigenvalue weighted by Gasteiger charge is -2.19. The summed E-state index contributed by atoms with van der Waals surface area (Å²) >= 11 is 0. The van der Waals surface area contributed by atoms with Crippen LogP contribution in [0.15, 0.2) is 24.3 Å². The van der Waals surface area contributed by atoms with E-state index >= 15 is 0 Å². The molecule has 0 amide bonds. The Morgan fingerprint density at radius 2 is 1.78 bits per heavy atom. The molecule has 1 saturated heterocycles. The molecule has 1 heterocycles. The summed E-state index contributed by atoms with van der Waals surface area (Å²) in [6.45, 7) is 12.6. The third-order valence-corrected chi connectivity index (χ3v) is 6.04. The third kappa shape index (κ3) is 3.22. The normalized spacial score (nSPS) is 25.6. The van der Waals surface area contributed by atoms with Crippen molar-refractivity contribution in [1.82, 2.24) is 4.90 Å². The minimum absolute atomic E-state index is 0.353. The van der Waals surface area contributed by atoms with Gasteiger partial charge in [0.25, 0.3) is 0 Å². The van der Waals surface area contributed by atoms with Gasteiger partial charge < -0.3 is 5.73 Å². The van der Waals surface area contributed by atoms with Gasteiger partial charge in [-0.3, -0.25) is 4.90 Å². The molecular formula is C15H26N2Si. The molecule has 1 aromatic carbocycles. The van der Waals surface area contributed by atoms with E-state index in [9.17, 15) is 0 Å². The number of benzene rings is 1. The van der Waals surface area contributed by atoms with Gasteiger partial charge in [0, 0.05) is 25.7 Å². The number of rotatable bonds is 3. The summed E-state index contributed by atoms with van der Waals surface area (Å²) in [6, 6.07) is 9.58. The Bertz CT molecular complexity index is 384. The standard InChI is InChI=1S/C15H26N2Si/c1-12-9-17(11-15(12)16)10-13-5-7-14(8-6-13)18(2,3)4/h5-8,12,15H,9-11,16H2,1-4H3. The lowest BCUT2D eigenvalue weighted by Crippen LogP contribution is -2.37. The van der Waals surface area contributed by atoms with E-state index in [1.165, 1.54) is 10.8 Å². The first-order valence-electron chi connectivity index (χ1n) is 6.93. The Hall–Kier alpha value is -0.643. The zero-order valence-corrected chi connectivity index (χ0v) is 13.1. The molecule has 2 N–H and O–H groups in total. The van der Waals surface area contributed by atoms with Crippen LogP contribution in [0.3, 0.4) is 0 Å². The van der Waals surface area contributed by atoms with Gasteiger partial charge in [-0.1, -0.05) is 56.0 Å². The molecular weight excluding hydrogens is 236 g/mol. The van der Waals surface area contributed by atoms with Gasteiger partial charge in [0.05, 0.1) is 8.07 Å². The average Bonchev–Trinajstić information content (AvgIpc) is 2.57. The second-order valence-electron chi connectivity index (χ2n) is 6.78. The minimum Gasteiger partial charge on any atom is -0.326 e. The summed E-state index contributed by atoms with van der Waals surface area (Å²) in [5.41, 5.74) is 7.48. The fraction of sp³-hybridized carbons (Fsp3) is 0.600. The molecule has 2 rings (SSSR count). The average molecular weight is 262 g/mol. The number of hydrogen-bond acceptors (Lipinski definition) is 2. The number of likely N-dealkylation sites (tertiary alicyclic amines) is 1. The molecule has 0 aliphatic carbocycles. The molecule has 1 aliphatic heterocycles. The smallest absolute Gasteiger partial charge is 0.0775 e. The molecule has 2 atom stereocenters. The fourth-order valence-electron chi connectivity index (χ4n) is 2.59. The molecule has 1 aromatic rings. The molecule has 18 heavy (non-hydrogen) atoms. The van der Waals surface area contributed by atoms with Crippen molar-refractivity contribution >= 4 is 13.3 Å². The highest BCUT2D eigenvalue weighted by Crippen LogP contribution is 2.17. The van der Waals surface area contributed by atoms with E-state index in [-0.39, 0.29) is 0 Å². The van der Waals surface area contributed by atoms with Crippen LogP contribution in [0.2, 0.25) is 19.6 Å². The van der Waals surface area contributed by atoms with E-state index < -0.39 is 8.07 Å². The van der Waals surface area contributed by atoms with Crippen LogP contribution in [-0.4, -0.2) is 32.1 Å². The Kier molecular flexibility index (Phi) is 3.95. The molecule has 2 unspecified atom stereocenters. The van der Waals surface area contributed by atoms with Gasteiger partial charge in [0.1, 0.15) is 0 Å². The van der Waals surface area contributed by atoms with E-state index in [1.807, 2.05) is 0 Å². The molecule has 0 aromatic heterocycles. The number of nitrogens with zero attached hydrogens (tertiary/aromatic N) is 1. The second kappa shape index (κ2) is 5.15. The molecule has 0 bridgehead atoms. The lowest BCUT2D eigenvalue weighted by atomic mass is 10.1. The molecule has 100 valence electrons. The SMILES string of the molecule is CC1CN(Cc2ccc([Si](C)(C)C)cc2)CC1N. The van der Waals surface area contributed by atoms with Crippen molar-refractivity contribution in [3.63, 3.8) is 0 Å². The van der Waals surface area contributed by atoms with E-state index in [0.717, 1.165) is 19.6 Å². The van der Waals surface area contributed by atoms with Gasteiger partial charge >= 0.3 is 0 Å². The Morgan fingerprint density at radius 3 is 2.22 bits per heavy atom. The van der Waals surface area contributed by atoms with Crippen LogP contribution in [0.5, 0.6) is 0 Å². The van der Waals surface area contributed by atoms with Crippen LogP contribution in [0, 0.1) is 5.92 Å². The maximum Gasteiger partial charge on any atom is 0.0775 e. The number of nitrogens with two attached hydrogens (primary N) is 1. The molecule has 0 radical (unpaired) electrons. The van der Waals surface area contributed by atoms with Crippen LogP contribution < -0.4 is 10.9 Å². The second-order valence-corrected chi connectivity index (χ2v) is 11.9. The zero-order chi connectivity index (χ0) is 13.3. The van der Waals surface area contributed by atoms with Gasteiger partial charge in [-0.15, -0.1) is 0 Å². The van der Waals surface area contributed by atoms with Crippen molar-refractivity contribution in [1.29, 1.82) is 0 Å². The first kappa shape index (κ1) is 13.8. The van der Waals surface area contributed by atoms with E-state index in [1.54, 1.807) is 0 Å². The van der Waals surface area contributed by atoms with Crippen LogP contribution in [0.4, 0.5) is 0 Å². The van der Waals surface area contributed by atoms with E-state index in [2.05, 4.69) is 55.7 Å². The van der Waals surface area contributed by atoms with Crippen LogP contribution in [0.25, 0.3) is 0 Å². The molecule has 0 spiro atoms. The van der Waals surface area contributed by atoms with Crippen molar-refractivity contribution in [2.75, 3.05) is 13.1 Å². The Balaban J connectivity index is 1.99. The van der Waals surface area contributed by atoms with E-state index in [4.69, 9.17) is 5.73 Å². The summed E-state index contributed by atoms with van der Waals surface area (Å²) in [5, 5.41) is 1.54. The monoisotopic (exact) mass is 262 g/mol. The Labute approximate surface area is 112 Å². The third-order valence-electron chi connectivity index (χ3n) is 3.97. The number of hydrogen-bond donors (Lipinski definition) is 1. The molecule has 0 saturated carbocycles. The van der Waals surface area contributed by atoms with Gasteiger partial charge in [-0.25, -0.2) is 0 Å². The molecule has 2 nitrogen and oxygen atoms in total. The highest BCUT2D eigenvalue weighted by molar-refractivity contribution is 6.88.